The molecule has 0 saturated heterocycles. The van der Waals surface area contributed by atoms with Crippen LogP contribution in [0.15, 0.2) is 15.5 Å². The molecule has 19 heavy (non-hydrogen) atoms. The molecular weight excluding hydrogens is 314 g/mol. The molecule has 2 amide bonds. The Balaban J connectivity index is 2.63. The van der Waals surface area contributed by atoms with Crippen LogP contribution in [0.4, 0.5) is 10.5 Å². The van der Waals surface area contributed by atoms with Crippen LogP contribution in [0.25, 0.3) is 0 Å². The fraction of sp³-hybridized carbons (Fsp3) is 0.545. The van der Waals surface area contributed by atoms with Crippen molar-refractivity contribution >= 4 is 27.6 Å². The Hall–Kier alpha value is -1.57. The van der Waals surface area contributed by atoms with Crippen LogP contribution < -0.4 is 21.9 Å². The van der Waals surface area contributed by atoms with Gasteiger partial charge in [-0.05, 0) is 22.4 Å². The number of amides is 2. The summed E-state index contributed by atoms with van der Waals surface area (Å²) in [5, 5.41) is 9.54. The van der Waals surface area contributed by atoms with Crippen LogP contribution in [0.5, 0.6) is 0 Å². The van der Waals surface area contributed by atoms with Gasteiger partial charge in [-0.3, -0.25) is 4.79 Å². The molecule has 0 aliphatic heterocycles. The second-order valence-corrected chi connectivity index (χ2v) is 4.76. The molecule has 0 fully saturated rings. The molecule has 7 nitrogen and oxygen atoms in total. The molecule has 1 rings (SSSR count). The minimum absolute atomic E-state index is 0.165. The number of nitrogens with one attached hydrogen (secondary N) is 2. The summed E-state index contributed by atoms with van der Waals surface area (Å²) in [6.07, 6.45) is 3.50. The monoisotopic (exact) mass is 331 g/mol. The Morgan fingerprint density at radius 1 is 1.53 bits per heavy atom. The molecule has 0 unspecified atom stereocenters. The van der Waals surface area contributed by atoms with Crippen LogP contribution in [0.3, 0.4) is 0 Å². The number of unbranched alkanes of at least 4 members (excludes halogenated alkanes) is 1. The van der Waals surface area contributed by atoms with Crippen molar-refractivity contribution < 1.29 is 4.79 Å². The van der Waals surface area contributed by atoms with Crippen molar-refractivity contribution in [2.45, 2.75) is 26.3 Å². The van der Waals surface area contributed by atoms with Crippen molar-refractivity contribution in [3.8, 4) is 0 Å². The number of carbonyl (C=O) groups is 1. The summed E-state index contributed by atoms with van der Waals surface area (Å²) in [5.41, 5.74) is 5.38. The van der Waals surface area contributed by atoms with Gasteiger partial charge >= 0.3 is 6.03 Å². The Morgan fingerprint density at radius 2 is 2.26 bits per heavy atom. The number of nitrogens with zero attached hydrogens (tertiary/aromatic N) is 2. The van der Waals surface area contributed by atoms with E-state index in [1.54, 1.807) is 6.20 Å². The molecule has 106 valence electrons. The minimum Gasteiger partial charge on any atom is -0.381 e. The van der Waals surface area contributed by atoms with Gasteiger partial charge in [0.05, 0.1) is 11.9 Å². The van der Waals surface area contributed by atoms with Gasteiger partial charge in [-0.25, -0.2) is 9.48 Å². The Morgan fingerprint density at radius 3 is 2.89 bits per heavy atom. The number of nitrogens with two attached hydrogens (primary N) is 1. The molecule has 0 spiro atoms. The van der Waals surface area contributed by atoms with E-state index in [0.29, 0.717) is 29.8 Å². The predicted molar refractivity (Wildman–Crippen MR) is 77.2 cm³/mol. The summed E-state index contributed by atoms with van der Waals surface area (Å²) in [6, 6.07) is -0.575. The molecule has 0 atom stereocenters. The standard InChI is InChI=1S/C11H18BrN5O2/c1-2-3-6-17-10(18)9(12)8(7-16-17)14-4-5-15-11(13)19/h7,14H,2-6H2,1H3,(H3,13,15,19). The normalized spacial score (nSPS) is 10.2. The summed E-state index contributed by atoms with van der Waals surface area (Å²) < 4.78 is 1.87. The summed E-state index contributed by atoms with van der Waals surface area (Å²) in [4.78, 5) is 22.4. The number of carbonyl (C=O) groups excluding carboxylic acids is 1. The van der Waals surface area contributed by atoms with E-state index in [4.69, 9.17) is 5.73 Å². The summed E-state index contributed by atoms with van der Waals surface area (Å²) in [6.45, 7) is 3.50. The zero-order valence-electron chi connectivity index (χ0n) is 10.8. The quantitative estimate of drug-likeness (QED) is 0.645. The predicted octanol–water partition coefficient (Wildman–Crippen LogP) is 0.886. The third-order valence-corrected chi connectivity index (χ3v) is 3.21. The van der Waals surface area contributed by atoms with E-state index in [2.05, 4.69) is 38.6 Å². The second-order valence-electron chi connectivity index (χ2n) is 3.97. The lowest BCUT2D eigenvalue weighted by molar-refractivity contribution is 0.249. The van der Waals surface area contributed by atoms with Crippen molar-refractivity contribution in [3.63, 3.8) is 0 Å². The summed E-state index contributed by atoms with van der Waals surface area (Å²) in [7, 11) is 0. The zero-order valence-corrected chi connectivity index (χ0v) is 12.4. The number of urea groups is 1. The van der Waals surface area contributed by atoms with Crippen LogP contribution in [0.1, 0.15) is 19.8 Å². The molecule has 0 aliphatic carbocycles. The van der Waals surface area contributed by atoms with Gasteiger partial charge in [-0.15, -0.1) is 0 Å². The van der Waals surface area contributed by atoms with Gasteiger partial charge in [0.15, 0.2) is 0 Å². The van der Waals surface area contributed by atoms with Crippen molar-refractivity contribution in [1.82, 2.24) is 15.1 Å². The number of halogens is 1. The van der Waals surface area contributed by atoms with E-state index in [0.717, 1.165) is 12.8 Å². The average Bonchev–Trinajstić information content (AvgIpc) is 2.38. The van der Waals surface area contributed by atoms with E-state index in [-0.39, 0.29) is 5.56 Å². The Labute approximate surface area is 119 Å². The summed E-state index contributed by atoms with van der Waals surface area (Å²) in [5.74, 6) is 0. The molecule has 0 saturated carbocycles. The van der Waals surface area contributed by atoms with E-state index >= 15 is 0 Å². The first kappa shape index (κ1) is 15.5. The zero-order chi connectivity index (χ0) is 14.3. The van der Waals surface area contributed by atoms with Crippen molar-refractivity contribution in [2.24, 2.45) is 5.73 Å². The third-order valence-electron chi connectivity index (χ3n) is 2.45. The van der Waals surface area contributed by atoms with Crippen LogP contribution >= 0.6 is 15.9 Å². The molecule has 0 bridgehead atoms. The van der Waals surface area contributed by atoms with E-state index in [1.807, 2.05) is 0 Å². The Bertz CT molecular complexity index is 488. The van der Waals surface area contributed by atoms with Gasteiger partial charge in [0.25, 0.3) is 5.56 Å². The van der Waals surface area contributed by atoms with E-state index in [9.17, 15) is 9.59 Å². The van der Waals surface area contributed by atoms with Gasteiger partial charge in [-0.1, -0.05) is 13.3 Å². The second kappa shape index (κ2) is 7.78. The highest BCUT2D eigenvalue weighted by atomic mass is 79.9. The fourth-order valence-corrected chi connectivity index (χ4v) is 1.89. The maximum Gasteiger partial charge on any atom is 0.312 e. The number of aromatic nitrogens is 2. The van der Waals surface area contributed by atoms with Gasteiger partial charge in [-0.2, -0.15) is 5.10 Å². The van der Waals surface area contributed by atoms with Gasteiger partial charge in [0.1, 0.15) is 4.47 Å². The highest BCUT2D eigenvalue weighted by Crippen LogP contribution is 2.15. The SMILES string of the molecule is CCCCn1ncc(NCCNC(N)=O)c(Br)c1=O. The lowest BCUT2D eigenvalue weighted by atomic mass is 10.3. The molecule has 8 heteroatoms. The molecule has 1 aromatic heterocycles. The molecule has 1 aromatic rings. The molecule has 0 radical (unpaired) electrons. The first-order valence-corrected chi connectivity index (χ1v) is 6.88. The number of aryl methyl sites for hydroxylation is 1. The summed E-state index contributed by atoms with van der Waals surface area (Å²) >= 11 is 3.26. The fourth-order valence-electron chi connectivity index (χ4n) is 1.44. The Kier molecular flexibility index (Phi) is 6.34. The number of anilines is 1. The molecular formula is C11H18BrN5O2. The van der Waals surface area contributed by atoms with Crippen molar-refractivity contribution in [1.29, 1.82) is 0 Å². The molecule has 0 aromatic carbocycles. The first-order valence-electron chi connectivity index (χ1n) is 6.09. The van der Waals surface area contributed by atoms with Crippen LogP contribution in [-0.4, -0.2) is 28.9 Å². The highest BCUT2D eigenvalue weighted by Gasteiger charge is 2.07. The van der Waals surface area contributed by atoms with Gasteiger partial charge < -0.3 is 16.4 Å². The van der Waals surface area contributed by atoms with E-state index < -0.39 is 6.03 Å². The highest BCUT2D eigenvalue weighted by molar-refractivity contribution is 9.10. The third kappa shape index (κ3) is 4.90. The topological polar surface area (TPSA) is 102 Å². The molecule has 4 N–H and O–H groups in total. The lowest BCUT2D eigenvalue weighted by Crippen LogP contribution is -2.33. The number of primary amides is 1. The number of hydrogen-bond acceptors (Lipinski definition) is 4. The number of rotatable bonds is 7. The maximum absolute atomic E-state index is 12.0. The first-order chi connectivity index (χ1) is 9.06. The average molecular weight is 332 g/mol. The van der Waals surface area contributed by atoms with Crippen molar-refractivity contribution in [2.75, 3.05) is 18.4 Å². The molecule has 1 heterocycles. The maximum atomic E-state index is 12.0. The molecule has 0 aliphatic rings. The smallest absolute Gasteiger partial charge is 0.312 e. The number of hydrogen-bond donors (Lipinski definition) is 3. The largest absolute Gasteiger partial charge is 0.381 e. The van der Waals surface area contributed by atoms with Crippen molar-refractivity contribution in [3.05, 3.63) is 21.0 Å². The lowest BCUT2D eigenvalue weighted by Gasteiger charge is -2.10. The van der Waals surface area contributed by atoms with Gasteiger partial charge in [0, 0.05) is 19.6 Å². The minimum atomic E-state index is -0.575. The van der Waals surface area contributed by atoms with Gasteiger partial charge in [0.2, 0.25) is 0 Å². The van der Waals surface area contributed by atoms with Crippen LogP contribution in [0, 0.1) is 0 Å². The van der Waals surface area contributed by atoms with Crippen LogP contribution in [0.2, 0.25) is 0 Å². The van der Waals surface area contributed by atoms with E-state index in [1.165, 1.54) is 4.68 Å². The van der Waals surface area contributed by atoms with Crippen LogP contribution in [-0.2, 0) is 6.54 Å².